The lowest BCUT2D eigenvalue weighted by atomic mass is 10.0. The molecule has 70 heavy (non-hydrogen) atoms. The van der Waals surface area contributed by atoms with Gasteiger partial charge in [0, 0.05) is 19.0 Å². The minimum absolute atomic E-state index is 0.0251. The summed E-state index contributed by atoms with van der Waals surface area (Å²) in [6.45, 7) is 2.09. The Morgan fingerprint density at radius 3 is 1.73 bits per heavy atom. The molecule has 0 aromatic carbocycles. The van der Waals surface area contributed by atoms with Crippen LogP contribution in [0.1, 0.15) is 187 Å². The summed E-state index contributed by atoms with van der Waals surface area (Å²) in [6, 6.07) is 1.25. The predicted octanol–water partition coefficient (Wildman–Crippen LogP) is 10.6. The van der Waals surface area contributed by atoms with Crippen LogP contribution in [0.3, 0.4) is 0 Å². The Kier molecular flexibility index (Phi) is 34.4. The standard InChI is InChI=1S/C50H85N3O15P2/c1-3-5-7-9-11-13-15-17-19-20-22-24-26-28-30-32-34-36-46(55)66-42(39-63-45(54)35-33-31-29-27-25-23-21-18-16-14-12-10-8-6-4-2)40-64-69(59,60)68-70(61,62)65-41-43-47(56)48(57)49(67-43)53-38-37-44(51)52-50(53)58/h11,13,17,19,22,24,28,30,37-38,42-43,47-49,56-57H,3-10,12,14-16,18,20-21,23,25-27,29,31-36,39-41H2,1-2H3,(H,59,60)(H,61,62)(H2,51,52,58)/b13-11-,19-17-,24-22-,30-28-/t42-,43-,47-,48-,49-/m1/s1. The molecule has 0 aliphatic carbocycles. The van der Waals surface area contributed by atoms with Gasteiger partial charge in [-0.25, -0.2) is 13.9 Å². The molecule has 2 rings (SSSR count). The second kappa shape index (κ2) is 38.4. The van der Waals surface area contributed by atoms with Crippen molar-refractivity contribution in [2.24, 2.45) is 0 Å². The number of phosphoric ester groups is 2. The molecule has 6 N–H and O–H groups in total. The summed E-state index contributed by atoms with van der Waals surface area (Å²) >= 11 is 0. The third-order valence-corrected chi connectivity index (χ3v) is 14.0. The van der Waals surface area contributed by atoms with Crippen molar-refractivity contribution in [1.29, 1.82) is 0 Å². The number of nitrogens with zero attached hydrogens (tertiary/aromatic N) is 2. The van der Waals surface area contributed by atoms with Gasteiger partial charge < -0.3 is 39.9 Å². The summed E-state index contributed by atoms with van der Waals surface area (Å²) in [5.41, 5.74) is 4.58. The summed E-state index contributed by atoms with van der Waals surface area (Å²) in [7, 11) is -10.9. The van der Waals surface area contributed by atoms with Gasteiger partial charge in [-0.3, -0.25) is 23.2 Å². The molecular formula is C50H85N3O15P2. The van der Waals surface area contributed by atoms with Gasteiger partial charge in [0.25, 0.3) is 0 Å². The highest BCUT2D eigenvalue weighted by atomic mass is 31.3. The van der Waals surface area contributed by atoms with Crippen LogP contribution in [0, 0.1) is 0 Å². The first-order valence-electron chi connectivity index (χ1n) is 25.6. The molecule has 1 saturated heterocycles. The second-order valence-corrected chi connectivity index (χ2v) is 20.7. The lowest BCUT2D eigenvalue weighted by molar-refractivity contribution is -0.161. The Bertz CT molecular complexity index is 1860. The number of hydrogen-bond acceptors (Lipinski definition) is 15. The van der Waals surface area contributed by atoms with Crippen LogP contribution in [0.5, 0.6) is 0 Å². The number of phosphoric acid groups is 2. The van der Waals surface area contributed by atoms with E-state index in [1.807, 2.05) is 12.2 Å². The van der Waals surface area contributed by atoms with E-state index in [4.69, 9.17) is 29.0 Å². The number of allylic oxidation sites excluding steroid dienone is 8. The van der Waals surface area contributed by atoms with E-state index < -0.39 is 83.7 Å². The number of carbonyl (C=O) groups is 2. The molecular weight excluding hydrogens is 945 g/mol. The number of unbranched alkanes of at least 4 members (excludes halogenated alkanes) is 18. The second-order valence-electron chi connectivity index (χ2n) is 17.7. The van der Waals surface area contributed by atoms with E-state index in [1.165, 1.54) is 89.5 Å². The molecule has 0 amide bonds. The Morgan fingerprint density at radius 1 is 0.686 bits per heavy atom. The van der Waals surface area contributed by atoms with Crippen LogP contribution in [0.15, 0.2) is 65.7 Å². The number of ether oxygens (including phenoxy) is 3. The van der Waals surface area contributed by atoms with Crippen LogP contribution in [-0.4, -0.2) is 85.7 Å². The summed E-state index contributed by atoms with van der Waals surface area (Å²) in [5.74, 6) is -1.36. The van der Waals surface area contributed by atoms with Gasteiger partial charge >= 0.3 is 33.3 Å². The molecule has 2 unspecified atom stereocenters. The highest BCUT2D eigenvalue weighted by Crippen LogP contribution is 2.60. The van der Waals surface area contributed by atoms with Gasteiger partial charge in [0.15, 0.2) is 12.3 Å². The number of carbonyl (C=O) groups excluding carboxylic acids is 2. The summed E-state index contributed by atoms with van der Waals surface area (Å²) in [4.78, 5) is 61.9. The zero-order chi connectivity index (χ0) is 51.3. The highest BCUT2D eigenvalue weighted by Gasteiger charge is 2.46. The molecule has 1 aromatic rings. The van der Waals surface area contributed by atoms with E-state index in [9.17, 15) is 43.5 Å². The zero-order valence-electron chi connectivity index (χ0n) is 41.8. The Hall–Kier alpha value is -3.28. The number of aliphatic hydroxyl groups excluding tert-OH is 2. The predicted molar refractivity (Wildman–Crippen MR) is 270 cm³/mol. The quantitative estimate of drug-likeness (QED) is 0.0176. The highest BCUT2D eigenvalue weighted by molar-refractivity contribution is 7.61. The maximum absolute atomic E-state index is 12.8. The number of nitrogens with two attached hydrogens (primary N) is 1. The topological polar surface area (TPSA) is 265 Å². The Morgan fingerprint density at radius 2 is 1.17 bits per heavy atom. The first kappa shape index (κ1) is 62.8. The summed E-state index contributed by atoms with van der Waals surface area (Å²) in [5, 5.41) is 20.9. The summed E-state index contributed by atoms with van der Waals surface area (Å²) in [6.07, 6.45) is 36.2. The minimum Gasteiger partial charge on any atom is -0.462 e. The monoisotopic (exact) mass is 1030 g/mol. The molecule has 2 heterocycles. The number of aromatic nitrogens is 2. The van der Waals surface area contributed by atoms with Gasteiger partial charge in [-0.1, -0.05) is 165 Å². The van der Waals surface area contributed by atoms with Gasteiger partial charge in [0.2, 0.25) is 0 Å². The van der Waals surface area contributed by atoms with Crippen LogP contribution < -0.4 is 11.4 Å². The van der Waals surface area contributed by atoms with E-state index in [-0.39, 0.29) is 18.7 Å². The SMILES string of the molecule is CCCCC/C=C\C/C=C\C/C=C\C/C=C\CCCC(=O)O[C@H](COC(=O)CCCCCCCCCCCCCCCCC)COP(=O)(O)OP(=O)(O)OC[C@H]1O[C@@H](n2ccc(N)nc2=O)[C@H](O)[C@@H]1O. The largest absolute Gasteiger partial charge is 0.481 e. The van der Waals surface area contributed by atoms with Crippen LogP contribution in [0.4, 0.5) is 5.82 Å². The molecule has 0 saturated carbocycles. The van der Waals surface area contributed by atoms with Crippen molar-refractivity contribution >= 4 is 33.4 Å². The molecule has 0 bridgehead atoms. The Labute approximate surface area is 416 Å². The molecule has 1 fully saturated rings. The van der Waals surface area contributed by atoms with Crippen molar-refractivity contribution in [3.05, 3.63) is 71.4 Å². The lowest BCUT2D eigenvalue weighted by Gasteiger charge is -2.21. The fraction of sp³-hybridized carbons (Fsp3) is 0.720. The molecule has 400 valence electrons. The van der Waals surface area contributed by atoms with Crippen molar-refractivity contribution < 1.29 is 66.3 Å². The van der Waals surface area contributed by atoms with Crippen LogP contribution >= 0.6 is 15.6 Å². The van der Waals surface area contributed by atoms with Gasteiger partial charge in [-0.05, 0) is 57.4 Å². The van der Waals surface area contributed by atoms with E-state index in [1.54, 1.807) is 0 Å². The number of esters is 2. The van der Waals surface area contributed by atoms with E-state index in [0.717, 1.165) is 62.1 Å². The molecule has 7 atom stereocenters. The maximum atomic E-state index is 12.8. The lowest BCUT2D eigenvalue weighted by Crippen LogP contribution is -2.36. The third kappa shape index (κ3) is 30.6. The van der Waals surface area contributed by atoms with E-state index in [2.05, 4.69) is 59.6 Å². The van der Waals surface area contributed by atoms with Crippen LogP contribution in [-0.2, 0) is 46.3 Å². The fourth-order valence-corrected chi connectivity index (χ4v) is 9.53. The molecule has 0 radical (unpaired) electrons. The van der Waals surface area contributed by atoms with E-state index in [0.29, 0.717) is 19.3 Å². The first-order valence-corrected chi connectivity index (χ1v) is 28.6. The normalized spacial score (nSPS) is 19.6. The summed E-state index contributed by atoms with van der Waals surface area (Å²) < 4.78 is 56.7. The van der Waals surface area contributed by atoms with Crippen molar-refractivity contribution in [3.63, 3.8) is 0 Å². The van der Waals surface area contributed by atoms with Gasteiger partial charge in [-0.15, -0.1) is 0 Å². The minimum atomic E-state index is -5.43. The van der Waals surface area contributed by atoms with Crippen molar-refractivity contribution in [2.45, 2.75) is 211 Å². The van der Waals surface area contributed by atoms with E-state index >= 15 is 0 Å². The van der Waals surface area contributed by atoms with Crippen LogP contribution in [0.25, 0.3) is 0 Å². The van der Waals surface area contributed by atoms with Crippen molar-refractivity contribution in [1.82, 2.24) is 9.55 Å². The molecule has 1 aliphatic rings. The molecule has 1 aliphatic heterocycles. The number of aliphatic hydroxyl groups is 2. The number of anilines is 1. The maximum Gasteiger partial charge on any atom is 0.481 e. The average molecular weight is 1030 g/mol. The fourth-order valence-electron chi connectivity index (χ4n) is 7.42. The number of hydrogen-bond donors (Lipinski definition) is 5. The molecule has 0 spiro atoms. The van der Waals surface area contributed by atoms with Gasteiger partial charge in [-0.2, -0.15) is 9.29 Å². The molecule has 18 nitrogen and oxygen atoms in total. The third-order valence-electron chi connectivity index (χ3n) is 11.4. The Balaban J connectivity index is 1.82. The van der Waals surface area contributed by atoms with Crippen molar-refractivity contribution in [2.75, 3.05) is 25.6 Å². The number of rotatable bonds is 42. The number of nitrogen functional groups attached to an aromatic ring is 1. The molecule has 1 aromatic heterocycles. The zero-order valence-corrected chi connectivity index (χ0v) is 43.6. The first-order chi connectivity index (χ1) is 33.7. The van der Waals surface area contributed by atoms with Gasteiger partial charge in [0.1, 0.15) is 30.7 Å². The smallest absolute Gasteiger partial charge is 0.462 e. The van der Waals surface area contributed by atoms with Crippen LogP contribution in [0.2, 0.25) is 0 Å². The molecule has 20 heteroatoms. The van der Waals surface area contributed by atoms with Gasteiger partial charge in [0.05, 0.1) is 13.2 Å². The van der Waals surface area contributed by atoms with Crippen molar-refractivity contribution in [3.8, 4) is 0 Å². The average Bonchev–Trinajstić information content (AvgIpc) is 3.59.